The fraction of sp³-hybridized carbons (Fsp3) is 0.529. The highest BCUT2D eigenvalue weighted by atomic mass is 16.7. The summed E-state index contributed by atoms with van der Waals surface area (Å²) in [5.74, 6) is -0.412. The van der Waals surface area contributed by atoms with E-state index in [1.807, 2.05) is 12.1 Å². The van der Waals surface area contributed by atoms with Crippen molar-refractivity contribution in [1.82, 2.24) is 4.57 Å². The molecule has 2 heterocycles. The minimum Gasteiger partial charge on any atom is -0.388 e. The molecule has 1 spiro atoms. The highest BCUT2D eigenvalue weighted by molar-refractivity contribution is 5.79. The highest BCUT2D eigenvalue weighted by Gasteiger charge is 2.45. The number of para-hydroxylation sites is 1. The van der Waals surface area contributed by atoms with Gasteiger partial charge in [0.05, 0.1) is 25.4 Å². The Balaban J connectivity index is 1.52. The van der Waals surface area contributed by atoms with E-state index >= 15 is 0 Å². The Hall–Kier alpha value is -1.36. The van der Waals surface area contributed by atoms with Crippen LogP contribution >= 0.6 is 0 Å². The largest absolute Gasteiger partial charge is 0.388 e. The van der Waals surface area contributed by atoms with Gasteiger partial charge in [-0.1, -0.05) is 18.2 Å². The van der Waals surface area contributed by atoms with Crippen molar-refractivity contribution in [2.24, 2.45) is 0 Å². The summed E-state index contributed by atoms with van der Waals surface area (Å²) in [5, 5.41) is 12.1. The Morgan fingerprint density at radius 2 is 1.71 bits per heavy atom. The fourth-order valence-corrected chi connectivity index (χ4v) is 3.64. The van der Waals surface area contributed by atoms with Crippen LogP contribution in [0.3, 0.4) is 0 Å². The molecule has 2 fully saturated rings. The van der Waals surface area contributed by atoms with Crippen LogP contribution in [0.5, 0.6) is 0 Å². The molecule has 4 rings (SSSR count). The molecule has 0 amide bonds. The molecule has 0 unspecified atom stereocenters. The highest BCUT2D eigenvalue weighted by Crippen LogP contribution is 2.41. The molecule has 112 valence electrons. The molecule has 1 aromatic heterocycles. The van der Waals surface area contributed by atoms with E-state index < -0.39 is 11.4 Å². The standard InChI is InChI=1S/C17H21NO3/c19-16(6-8-17(9-7-16)20-11-12-21-17)13-18-10-5-14-3-1-2-4-15(14)18/h1-5,10,19H,6-9,11-13H2. The topological polar surface area (TPSA) is 43.6 Å². The Kier molecular flexibility index (Phi) is 3.06. The van der Waals surface area contributed by atoms with E-state index in [2.05, 4.69) is 29.0 Å². The minimum absolute atomic E-state index is 0.412. The minimum atomic E-state index is -0.664. The van der Waals surface area contributed by atoms with Crippen LogP contribution in [0.1, 0.15) is 25.7 Å². The summed E-state index contributed by atoms with van der Waals surface area (Å²) < 4.78 is 13.6. The van der Waals surface area contributed by atoms with Gasteiger partial charge in [0.15, 0.2) is 5.79 Å². The molecule has 1 saturated carbocycles. The van der Waals surface area contributed by atoms with Gasteiger partial charge >= 0.3 is 0 Å². The van der Waals surface area contributed by atoms with Gasteiger partial charge in [-0.2, -0.15) is 0 Å². The zero-order valence-electron chi connectivity index (χ0n) is 12.1. The Bertz CT molecular complexity index is 632. The summed E-state index contributed by atoms with van der Waals surface area (Å²) in [6.07, 6.45) is 5.07. The van der Waals surface area contributed by atoms with Gasteiger partial charge in [0.25, 0.3) is 0 Å². The van der Waals surface area contributed by atoms with Gasteiger partial charge in [-0.3, -0.25) is 0 Å². The second-order valence-corrected chi connectivity index (χ2v) is 6.33. The van der Waals surface area contributed by atoms with Gasteiger partial charge in [-0.25, -0.2) is 0 Å². The first-order chi connectivity index (χ1) is 10.2. The third-order valence-electron chi connectivity index (χ3n) is 4.90. The lowest BCUT2D eigenvalue weighted by molar-refractivity contribution is -0.204. The van der Waals surface area contributed by atoms with Crippen LogP contribution < -0.4 is 0 Å². The monoisotopic (exact) mass is 287 g/mol. The lowest BCUT2D eigenvalue weighted by Gasteiger charge is -2.40. The number of hydrogen-bond acceptors (Lipinski definition) is 3. The normalized spacial score (nSPS) is 23.9. The van der Waals surface area contributed by atoms with E-state index in [1.54, 1.807) is 0 Å². The van der Waals surface area contributed by atoms with E-state index in [0.717, 1.165) is 25.7 Å². The molecule has 2 aromatic rings. The van der Waals surface area contributed by atoms with Crippen molar-refractivity contribution in [1.29, 1.82) is 0 Å². The van der Waals surface area contributed by atoms with Crippen molar-refractivity contribution in [2.45, 2.75) is 43.6 Å². The first-order valence-electron chi connectivity index (χ1n) is 7.72. The molecule has 1 saturated heterocycles. The summed E-state index contributed by atoms with van der Waals surface area (Å²) in [5.41, 5.74) is 0.516. The number of ether oxygens (including phenoxy) is 2. The third kappa shape index (κ3) is 2.37. The summed E-state index contributed by atoms with van der Waals surface area (Å²) in [6, 6.07) is 10.4. The van der Waals surface area contributed by atoms with Crippen LogP contribution in [-0.2, 0) is 16.0 Å². The summed E-state index contributed by atoms with van der Waals surface area (Å²) in [6.45, 7) is 2.00. The second kappa shape index (κ2) is 4.83. The zero-order chi connectivity index (χ0) is 14.3. The molecule has 0 bridgehead atoms. The van der Waals surface area contributed by atoms with E-state index in [-0.39, 0.29) is 0 Å². The van der Waals surface area contributed by atoms with E-state index in [9.17, 15) is 5.11 Å². The van der Waals surface area contributed by atoms with Gasteiger partial charge in [-0.05, 0) is 30.4 Å². The molecule has 1 aliphatic heterocycles. The van der Waals surface area contributed by atoms with Gasteiger partial charge in [0.2, 0.25) is 0 Å². The first-order valence-corrected chi connectivity index (χ1v) is 7.72. The number of fused-ring (bicyclic) bond motifs is 1. The van der Waals surface area contributed by atoms with E-state index in [4.69, 9.17) is 9.47 Å². The smallest absolute Gasteiger partial charge is 0.168 e. The number of aromatic nitrogens is 1. The fourth-order valence-electron chi connectivity index (χ4n) is 3.64. The molecule has 1 N–H and O–H groups in total. The van der Waals surface area contributed by atoms with Crippen LogP contribution in [0, 0.1) is 0 Å². The van der Waals surface area contributed by atoms with Gasteiger partial charge < -0.3 is 19.1 Å². The van der Waals surface area contributed by atoms with Crippen molar-refractivity contribution in [3.63, 3.8) is 0 Å². The molecule has 1 aromatic carbocycles. The van der Waals surface area contributed by atoms with Crippen molar-refractivity contribution in [3.05, 3.63) is 36.5 Å². The van der Waals surface area contributed by atoms with Gasteiger partial charge in [-0.15, -0.1) is 0 Å². The Morgan fingerprint density at radius 3 is 2.48 bits per heavy atom. The van der Waals surface area contributed by atoms with Crippen LogP contribution in [-0.4, -0.2) is 34.3 Å². The van der Waals surface area contributed by atoms with Crippen LogP contribution in [0.15, 0.2) is 36.5 Å². The van der Waals surface area contributed by atoms with Crippen molar-refractivity contribution in [3.8, 4) is 0 Å². The molecular weight excluding hydrogens is 266 g/mol. The maximum absolute atomic E-state index is 10.9. The number of rotatable bonds is 2. The Morgan fingerprint density at radius 1 is 1.00 bits per heavy atom. The third-order valence-corrected chi connectivity index (χ3v) is 4.90. The lowest BCUT2D eigenvalue weighted by atomic mass is 9.81. The second-order valence-electron chi connectivity index (χ2n) is 6.33. The lowest BCUT2D eigenvalue weighted by Crippen LogP contribution is -2.45. The quantitative estimate of drug-likeness (QED) is 0.923. The first kappa shape index (κ1) is 13.3. The summed E-state index contributed by atoms with van der Waals surface area (Å²) in [7, 11) is 0. The summed E-state index contributed by atoms with van der Waals surface area (Å²) >= 11 is 0. The summed E-state index contributed by atoms with van der Waals surface area (Å²) in [4.78, 5) is 0. The maximum Gasteiger partial charge on any atom is 0.168 e. The average Bonchev–Trinajstić information content (AvgIpc) is 3.12. The van der Waals surface area contributed by atoms with Gasteiger partial charge in [0, 0.05) is 24.6 Å². The number of aliphatic hydroxyl groups is 1. The van der Waals surface area contributed by atoms with Crippen LogP contribution in [0.2, 0.25) is 0 Å². The molecule has 0 radical (unpaired) electrons. The molecule has 1 aliphatic carbocycles. The molecule has 21 heavy (non-hydrogen) atoms. The van der Waals surface area contributed by atoms with Crippen molar-refractivity contribution in [2.75, 3.05) is 13.2 Å². The van der Waals surface area contributed by atoms with Crippen molar-refractivity contribution < 1.29 is 14.6 Å². The maximum atomic E-state index is 10.9. The average molecular weight is 287 g/mol. The molecule has 4 nitrogen and oxygen atoms in total. The van der Waals surface area contributed by atoms with Crippen LogP contribution in [0.4, 0.5) is 0 Å². The molecule has 0 atom stereocenters. The predicted molar refractivity (Wildman–Crippen MR) is 80.0 cm³/mol. The molecular formula is C17H21NO3. The SMILES string of the molecule is OC1(Cn2ccc3ccccc32)CCC2(CC1)OCCO2. The molecule has 4 heteroatoms. The van der Waals surface area contributed by atoms with Crippen LogP contribution in [0.25, 0.3) is 10.9 Å². The number of hydrogen-bond donors (Lipinski definition) is 1. The van der Waals surface area contributed by atoms with E-state index in [0.29, 0.717) is 19.8 Å². The number of benzene rings is 1. The molecule has 2 aliphatic rings. The zero-order valence-corrected chi connectivity index (χ0v) is 12.1. The van der Waals surface area contributed by atoms with Crippen molar-refractivity contribution >= 4 is 10.9 Å². The van der Waals surface area contributed by atoms with Gasteiger partial charge in [0.1, 0.15) is 0 Å². The predicted octanol–water partition coefficient (Wildman–Crippen LogP) is 2.69. The van der Waals surface area contributed by atoms with E-state index in [1.165, 1.54) is 10.9 Å². The Labute approximate surface area is 124 Å². The number of nitrogens with zero attached hydrogens (tertiary/aromatic N) is 1.